The second kappa shape index (κ2) is 8.64. The summed E-state index contributed by atoms with van der Waals surface area (Å²) in [6.45, 7) is 6.28. The molecule has 174 valence electrons. The summed E-state index contributed by atoms with van der Waals surface area (Å²) in [4.78, 5) is 12.9. The highest BCUT2D eigenvalue weighted by Crippen LogP contribution is 2.43. The molecule has 6 nitrogen and oxygen atoms in total. The molecule has 3 aromatic rings. The fraction of sp³-hybridized carbons (Fsp3) is 0.292. The number of thiophene rings is 1. The van der Waals surface area contributed by atoms with Crippen LogP contribution in [0, 0.1) is 5.82 Å². The number of carbonyl (C=O) groups is 1. The number of benzene rings is 2. The number of fused-ring (bicyclic) bond motifs is 1. The van der Waals surface area contributed by atoms with E-state index < -0.39 is 27.8 Å². The van der Waals surface area contributed by atoms with Crippen molar-refractivity contribution >= 4 is 27.3 Å². The Hall–Kier alpha value is -2.59. The lowest BCUT2D eigenvalue weighted by Gasteiger charge is -2.35. The van der Waals surface area contributed by atoms with Crippen LogP contribution in [-0.2, 0) is 21.9 Å². The van der Waals surface area contributed by atoms with E-state index in [1.807, 2.05) is 20.8 Å². The highest BCUT2D eigenvalue weighted by atomic mass is 32.2. The molecule has 1 aromatic heterocycles. The van der Waals surface area contributed by atoms with Crippen LogP contribution in [0.2, 0.25) is 0 Å². The minimum absolute atomic E-state index is 0.126. The normalized spacial score (nSPS) is 16.9. The molecule has 4 rings (SSSR count). The second-order valence-corrected chi connectivity index (χ2v) is 12.0. The van der Waals surface area contributed by atoms with Gasteiger partial charge >= 0.3 is 0 Å². The summed E-state index contributed by atoms with van der Waals surface area (Å²) in [5.74, 6) is -1.21. The third kappa shape index (κ3) is 4.33. The van der Waals surface area contributed by atoms with Gasteiger partial charge < -0.3 is 0 Å². The van der Waals surface area contributed by atoms with Gasteiger partial charge in [0, 0.05) is 17.0 Å². The number of amides is 1. The topological polar surface area (TPSA) is 86.7 Å². The fourth-order valence-corrected chi connectivity index (χ4v) is 6.92. The quantitative estimate of drug-likeness (QED) is 0.414. The Morgan fingerprint density at radius 2 is 1.82 bits per heavy atom. The number of hydroxylamine groups is 1. The van der Waals surface area contributed by atoms with Gasteiger partial charge in [-0.05, 0) is 47.2 Å². The summed E-state index contributed by atoms with van der Waals surface area (Å²) in [6.07, 6.45) is 0.370. The molecule has 0 saturated carbocycles. The maximum Gasteiger partial charge on any atom is 0.284 e. The van der Waals surface area contributed by atoms with E-state index in [2.05, 4.69) is 0 Å². The molecule has 2 N–H and O–H groups in total. The number of hydrogen-bond acceptors (Lipinski definition) is 5. The SMILES string of the molecule is CC(C)(C)c1ccc(S(=O)(=O)N2CCc3cc(C(=O)NO)sc3C2c2ccccc2F)cc1. The highest BCUT2D eigenvalue weighted by molar-refractivity contribution is 7.89. The third-order valence-electron chi connectivity index (χ3n) is 5.83. The lowest BCUT2D eigenvalue weighted by molar-refractivity contribution is 0.0711. The number of hydrogen-bond donors (Lipinski definition) is 2. The molecule has 33 heavy (non-hydrogen) atoms. The van der Waals surface area contributed by atoms with Gasteiger partial charge in [0.25, 0.3) is 5.91 Å². The van der Waals surface area contributed by atoms with E-state index in [1.165, 1.54) is 10.4 Å². The fourth-order valence-electron chi connectivity index (χ4n) is 4.04. The van der Waals surface area contributed by atoms with Gasteiger partial charge in [0.05, 0.1) is 15.8 Å². The van der Waals surface area contributed by atoms with Gasteiger partial charge in [-0.1, -0.05) is 51.1 Å². The van der Waals surface area contributed by atoms with E-state index in [4.69, 9.17) is 5.21 Å². The molecule has 0 fully saturated rings. The Labute approximate surface area is 196 Å². The lowest BCUT2D eigenvalue weighted by Crippen LogP contribution is -2.40. The summed E-state index contributed by atoms with van der Waals surface area (Å²) in [7, 11) is -3.97. The van der Waals surface area contributed by atoms with Crippen LogP contribution in [0.5, 0.6) is 0 Å². The molecule has 0 saturated heterocycles. The Kier molecular flexibility index (Phi) is 6.17. The van der Waals surface area contributed by atoms with Gasteiger partial charge in [0.15, 0.2) is 0 Å². The summed E-state index contributed by atoms with van der Waals surface area (Å²) in [6, 6.07) is 13.5. The monoisotopic (exact) mass is 488 g/mol. The number of carbonyl (C=O) groups excluding carboxylic acids is 1. The molecule has 0 bridgehead atoms. The van der Waals surface area contributed by atoms with Crippen LogP contribution in [0.15, 0.2) is 59.5 Å². The van der Waals surface area contributed by atoms with Crippen molar-refractivity contribution in [2.75, 3.05) is 6.54 Å². The first kappa shape index (κ1) is 23.6. The van der Waals surface area contributed by atoms with Crippen LogP contribution in [0.4, 0.5) is 4.39 Å². The van der Waals surface area contributed by atoms with Crippen molar-refractivity contribution in [3.63, 3.8) is 0 Å². The maximum atomic E-state index is 14.9. The molecule has 1 aliphatic rings. The van der Waals surface area contributed by atoms with Crippen LogP contribution in [0.3, 0.4) is 0 Å². The molecule has 0 radical (unpaired) electrons. The zero-order valence-corrected chi connectivity index (χ0v) is 20.1. The average molecular weight is 489 g/mol. The number of rotatable bonds is 4. The van der Waals surface area contributed by atoms with Crippen LogP contribution in [0.1, 0.15) is 58.1 Å². The van der Waals surface area contributed by atoms with Gasteiger partial charge in [-0.3, -0.25) is 10.0 Å². The minimum Gasteiger partial charge on any atom is -0.288 e. The van der Waals surface area contributed by atoms with Crippen molar-refractivity contribution in [3.05, 3.63) is 86.9 Å². The Morgan fingerprint density at radius 3 is 2.42 bits per heavy atom. The molecular formula is C24H25FN2O4S2. The molecule has 1 unspecified atom stereocenters. The van der Waals surface area contributed by atoms with Crippen LogP contribution < -0.4 is 5.48 Å². The predicted molar refractivity (Wildman–Crippen MR) is 125 cm³/mol. The van der Waals surface area contributed by atoms with Gasteiger partial charge in [-0.25, -0.2) is 18.3 Å². The smallest absolute Gasteiger partial charge is 0.284 e. The van der Waals surface area contributed by atoms with Gasteiger partial charge in [0.1, 0.15) is 5.82 Å². The van der Waals surface area contributed by atoms with Gasteiger partial charge in [-0.2, -0.15) is 4.31 Å². The van der Waals surface area contributed by atoms with E-state index in [-0.39, 0.29) is 27.3 Å². The first-order valence-electron chi connectivity index (χ1n) is 10.5. The Balaban J connectivity index is 1.84. The summed E-state index contributed by atoms with van der Waals surface area (Å²) in [5.41, 5.74) is 3.46. The van der Waals surface area contributed by atoms with Crippen LogP contribution in [-0.4, -0.2) is 30.4 Å². The number of nitrogens with one attached hydrogen (secondary N) is 1. The second-order valence-electron chi connectivity index (χ2n) is 9.01. The lowest BCUT2D eigenvalue weighted by atomic mass is 9.87. The van der Waals surface area contributed by atoms with E-state index in [0.29, 0.717) is 11.3 Å². The van der Waals surface area contributed by atoms with E-state index in [9.17, 15) is 17.6 Å². The first-order chi connectivity index (χ1) is 15.5. The first-order valence-corrected chi connectivity index (χ1v) is 12.7. The summed E-state index contributed by atoms with van der Waals surface area (Å²) < 4.78 is 43.7. The van der Waals surface area contributed by atoms with Crippen molar-refractivity contribution in [1.29, 1.82) is 0 Å². The molecule has 2 aromatic carbocycles. The number of halogens is 1. The van der Waals surface area contributed by atoms with Crippen molar-refractivity contribution in [2.45, 2.75) is 43.5 Å². The van der Waals surface area contributed by atoms with Crippen LogP contribution >= 0.6 is 11.3 Å². The third-order valence-corrected chi connectivity index (χ3v) is 8.94. The van der Waals surface area contributed by atoms with E-state index in [0.717, 1.165) is 22.5 Å². The van der Waals surface area contributed by atoms with E-state index >= 15 is 0 Å². The van der Waals surface area contributed by atoms with E-state index in [1.54, 1.807) is 54.0 Å². The average Bonchev–Trinajstić information content (AvgIpc) is 3.22. The van der Waals surface area contributed by atoms with Crippen molar-refractivity contribution < 1.29 is 22.8 Å². The molecule has 9 heteroatoms. The van der Waals surface area contributed by atoms with Crippen molar-refractivity contribution in [3.8, 4) is 0 Å². The molecular weight excluding hydrogens is 463 g/mol. The van der Waals surface area contributed by atoms with Gasteiger partial charge in [0.2, 0.25) is 10.0 Å². The maximum absolute atomic E-state index is 14.9. The molecule has 1 aliphatic heterocycles. The zero-order valence-electron chi connectivity index (χ0n) is 18.5. The molecule has 0 spiro atoms. The Morgan fingerprint density at radius 1 is 1.15 bits per heavy atom. The van der Waals surface area contributed by atoms with Gasteiger partial charge in [-0.15, -0.1) is 11.3 Å². The highest BCUT2D eigenvalue weighted by Gasteiger charge is 2.40. The molecule has 1 atom stereocenters. The molecule has 0 aliphatic carbocycles. The predicted octanol–water partition coefficient (Wildman–Crippen LogP) is 4.64. The largest absolute Gasteiger partial charge is 0.288 e. The standard InChI is InChI=1S/C24H25FN2O4S2/c1-24(2,3)16-8-10-17(11-9-16)33(30,31)27-13-12-15-14-20(23(28)26-29)32-22(15)21(27)18-6-4-5-7-19(18)25/h4-11,14,21,29H,12-13H2,1-3H3,(H,26,28). The van der Waals surface area contributed by atoms with Crippen molar-refractivity contribution in [2.24, 2.45) is 0 Å². The zero-order chi connectivity index (χ0) is 24.0. The molecule has 2 heterocycles. The number of nitrogens with zero attached hydrogens (tertiary/aromatic N) is 1. The van der Waals surface area contributed by atoms with Crippen molar-refractivity contribution in [1.82, 2.24) is 9.79 Å². The number of sulfonamides is 1. The minimum atomic E-state index is -3.97. The molecule has 1 amide bonds. The summed E-state index contributed by atoms with van der Waals surface area (Å²) in [5, 5.41) is 9.03. The Bertz CT molecular complexity index is 1290. The summed E-state index contributed by atoms with van der Waals surface area (Å²) >= 11 is 1.06. The van der Waals surface area contributed by atoms with Crippen LogP contribution in [0.25, 0.3) is 0 Å².